The summed E-state index contributed by atoms with van der Waals surface area (Å²) in [5.74, 6) is -0.391. The SMILES string of the molecule is CN(CC(=O)N1CCN(S(=O)(=O)c2ccc(C#N)cc2)CC1)S(=O)(=O)c1ccccc1. The van der Waals surface area contributed by atoms with E-state index in [1.54, 1.807) is 18.2 Å². The van der Waals surface area contributed by atoms with Crippen LogP contribution in [0.4, 0.5) is 0 Å². The summed E-state index contributed by atoms with van der Waals surface area (Å²) in [7, 11) is -6.19. The molecule has 1 heterocycles. The van der Waals surface area contributed by atoms with E-state index in [9.17, 15) is 21.6 Å². The average molecular weight is 463 g/mol. The monoisotopic (exact) mass is 462 g/mol. The minimum Gasteiger partial charge on any atom is -0.339 e. The summed E-state index contributed by atoms with van der Waals surface area (Å²) in [5.41, 5.74) is 0.365. The van der Waals surface area contributed by atoms with E-state index in [4.69, 9.17) is 5.26 Å². The van der Waals surface area contributed by atoms with Crippen molar-refractivity contribution in [2.75, 3.05) is 39.8 Å². The predicted molar refractivity (Wildman–Crippen MR) is 113 cm³/mol. The lowest BCUT2D eigenvalue weighted by Gasteiger charge is -2.34. The van der Waals surface area contributed by atoms with Gasteiger partial charge < -0.3 is 4.90 Å². The van der Waals surface area contributed by atoms with Crippen LogP contribution in [0.15, 0.2) is 64.4 Å². The first-order valence-corrected chi connectivity index (χ1v) is 12.3. The maximum absolute atomic E-state index is 12.8. The van der Waals surface area contributed by atoms with Gasteiger partial charge in [0.25, 0.3) is 0 Å². The van der Waals surface area contributed by atoms with Crippen molar-refractivity contribution in [1.82, 2.24) is 13.5 Å². The van der Waals surface area contributed by atoms with Crippen LogP contribution in [0.5, 0.6) is 0 Å². The van der Waals surface area contributed by atoms with E-state index in [2.05, 4.69) is 0 Å². The van der Waals surface area contributed by atoms with Crippen molar-refractivity contribution in [3.8, 4) is 6.07 Å². The molecule has 0 N–H and O–H groups in total. The van der Waals surface area contributed by atoms with Crippen LogP contribution in [0, 0.1) is 11.3 Å². The topological polar surface area (TPSA) is 119 Å². The molecule has 1 aliphatic heterocycles. The van der Waals surface area contributed by atoms with E-state index < -0.39 is 26.0 Å². The summed E-state index contributed by atoms with van der Waals surface area (Å²) in [4.78, 5) is 14.2. The number of likely N-dealkylation sites (N-methyl/N-ethyl adjacent to an activating group) is 1. The van der Waals surface area contributed by atoms with Crippen molar-refractivity contribution in [1.29, 1.82) is 5.26 Å². The van der Waals surface area contributed by atoms with Gasteiger partial charge in [0.2, 0.25) is 26.0 Å². The molecule has 2 aromatic rings. The lowest BCUT2D eigenvalue weighted by molar-refractivity contribution is -0.132. The molecule has 0 aromatic heterocycles. The zero-order chi connectivity index (χ0) is 22.6. The molecule has 1 fully saturated rings. The Bertz CT molecular complexity index is 1180. The fraction of sp³-hybridized carbons (Fsp3) is 0.300. The first kappa shape index (κ1) is 22.9. The van der Waals surface area contributed by atoms with Gasteiger partial charge in [-0.15, -0.1) is 0 Å². The Morgan fingerprint density at radius 1 is 0.935 bits per heavy atom. The van der Waals surface area contributed by atoms with Gasteiger partial charge in [-0.2, -0.15) is 13.9 Å². The Morgan fingerprint density at radius 2 is 1.52 bits per heavy atom. The van der Waals surface area contributed by atoms with Gasteiger partial charge in [0, 0.05) is 33.2 Å². The second-order valence-electron chi connectivity index (χ2n) is 7.00. The van der Waals surface area contributed by atoms with Crippen LogP contribution in [-0.2, 0) is 24.8 Å². The third-order valence-electron chi connectivity index (χ3n) is 5.02. The highest BCUT2D eigenvalue weighted by Crippen LogP contribution is 2.19. The Labute approximate surface area is 182 Å². The number of piperazine rings is 1. The fourth-order valence-electron chi connectivity index (χ4n) is 3.18. The summed E-state index contributed by atoms with van der Waals surface area (Å²) in [6.07, 6.45) is 0. The minimum absolute atomic E-state index is 0.0833. The van der Waals surface area contributed by atoms with Crippen LogP contribution >= 0.6 is 0 Å². The molecule has 11 heteroatoms. The van der Waals surface area contributed by atoms with E-state index in [1.807, 2.05) is 6.07 Å². The summed E-state index contributed by atoms with van der Waals surface area (Å²) in [5, 5.41) is 8.85. The maximum Gasteiger partial charge on any atom is 0.243 e. The molecule has 31 heavy (non-hydrogen) atoms. The molecule has 0 aliphatic carbocycles. The maximum atomic E-state index is 12.8. The molecule has 0 saturated carbocycles. The molecule has 1 saturated heterocycles. The van der Waals surface area contributed by atoms with Gasteiger partial charge in [-0.25, -0.2) is 16.8 Å². The predicted octanol–water partition coefficient (Wildman–Crippen LogP) is 0.712. The number of hydrogen-bond acceptors (Lipinski definition) is 6. The van der Waals surface area contributed by atoms with Crippen molar-refractivity contribution in [3.05, 3.63) is 60.2 Å². The van der Waals surface area contributed by atoms with Crippen LogP contribution in [0.3, 0.4) is 0 Å². The van der Waals surface area contributed by atoms with Gasteiger partial charge in [0.1, 0.15) is 0 Å². The van der Waals surface area contributed by atoms with Gasteiger partial charge in [-0.05, 0) is 36.4 Å². The van der Waals surface area contributed by atoms with Gasteiger partial charge in [0.05, 0.1) is 28.0 Å². The molecule has 0 bridgehead atoms. The molecule has 1 aliphatic rings. The largest absolute Gasteiger partial charge is 0.339 e. The molecule has 3 rings (SSSR count). The molecule has 0 radical (unpaired) electrons. The van der Waals surface area contributed by atoms with Crippen LogP contribution < -0.4 is 0 Å². The first-order chi connectivity index (χ1) is 14.7. The van der Waals surface area contributed by atoms with Crippen molar-refractivity contribution in [3.63, 3.8) is 0 Å². The Hall–Kier alpha value is -2.78. The number of sulfonamides is 2. The average Bonchev–Trinajstić information content (AvgIpc) is 2.79. The molecule has 0 atom stereocenters. The number of carbonyl (C=O) groups excluding carboxylic acids is 1. The highest BCUT2D eigenvalue weighted by molar-refractivity contribution is 7.89. The van der Waals surface area contributed by atoms with Gasteiger partial charge >= 0.3 is 0 Å². The third kappa shape index (κ3) is 4.94. The molecule has 1 amide bonds. The lowest BCUT2D eigenvalue weighted by Crippen LogP contribution is -2.52. The summed E-state index contributed by atoms with van der Waals surface area (Å²) in [6.45, 7) is 0.188. The van der Waals surface area contributed by atoms with Crippen LogP contribution in [0.2, 0.25) is 0 Å². The zero-order valence-electron chi connectivity index (χ0n) is 16.9. The Balaban J connectivity index is 1.61. The number of nitrogens with zero attached hydrogens (tertiary/aromatic N) is 4. The van der Waals surface area contributed by atoms with E-state index in [0.29, 0.717) is 5.56 Å². The van der Waals surface area contributed by atoms with Crippen LogP contribution in [-0.4, -0.2) is 76.0 Å². The number of hydrogen-bond donors (Lipinski definition) is 0. The Kier molecular flexibility index (Phi) is 6.76. The molecular weight excluding hydrogens is 440 g/mol. The van der Waals surface area contributed by atoms with Gasteiger partial charge in [0.15, 0.2) is 0 Å². The summed E-state index contributed by atoms with van der Waals surface area (Å²) < 4.78 is 53.0. The molecular formula is C20H22N4O5S2. The first-order valence-electron chi connectivity index (χ1n) is 9.46. The number of amides is 1. The normalized spacial score (nSPS) is 15.6. The molecule has 164 valence electrons. The summed E-state index contributed by atoms with van der Waals surface area (Å²) in [6, 6.07) is 15.4. The number of benzene rings is 2. The number of rotatable bonds is 6. The fourth-order valence-corrected chi connectivity index (χ4v) is 5.74. The highest BCUT2D eigenvalue weighted by atomic mass is 32.2. The van der Waals surface area contributed by atoms with E-state index in [1.165, 1.54) is 52.7 Å². The van der Waals surface area contributed by atoms with Crippen molar-refractivity contribution < 1.29 is 21.6 Å². The summed E-state index contributed by atoms with van der Waals surface area (Å²) >= 11 is 0. The molecule has 0 unspecified atom stereocenters. The van der Waals surface area contributed by atoms with Crippen LogP contribution in [0.1, 0.15) is 5.56 Å². The molecule has 9 nitrogen and oxygen atoms in total. The smallest absolute Gasteiger partial charge is 0.243 e. The van der Waals surface area contributed by atoms with Crippen molar-refractivity contribution >= 4 is 26.0 Å². The van der Waals surface area contributed by atoms with E-state index >= 15 is 0 Å². The van der Waals surface area contributed by atoms with Gasteiger partial charge in [-0.3, -0.25) is 4.79 Å². The second-order valence-corrected chi connectivity index (χ2v) is 11.0. The second kappa shape index (κ2) is 9.15. The quantitative estimate of drug-likeness (QED) is 0.624. The van der Waals surface area contributed by atoms with Gasteiger partial charge in [-0.1, -0.05) is 18.2 Å². The zero-order valence-corrected chi connectivity index (χ0v) is 18.5. The van der Waals surface area contributed by atoms with Crippen LogP contribution in [0.25, 0.3) is 0 Å². The Morgan fingerprint density at radius 3 is 2.06 bits per heavy atom. The molecule has 2 aromatic carbocycles. The molecule has 0 spiro atoms. The standard InChI is InChI=1S/C20H22N4O5S2/c1-22(30(26,27)18-5-3-2-4-6-18)16-20(25)23-11-13-24(14-12-23)31(28,29)19-9-7-17(15-21)8-10-19/h2-10H,11-14,16H2,1H3. The van der Waals surface area contributed by atoms with Crippen molar-refractivity contribution in [2.24, 2.45) is 0 Å². The van der Waals surface area contributed by atoms with Crippen molar-refractivity contribution in [2.45, 2.75) is 9.79 Å². The lowest BCUT2D eigenvalue weighted by atomic mass is 10.2. The van der Waals surface area contributed by atoms with E-state index in [0.717, 1.165) is 4.31 Å². The number of carbonyl (C=O) groups is 1. The van der Waals surface area contributed by atoms with E-state index in [-0.39, 0.29) is 42.5 Å². The highest BCUT2D eigenvalue weighted by Gasteiger charge is 2.31. The number of nitriles is 1. The minimum atomic E-state index is -3.79. The third-order valence-corrected chi connectivity index (χ3v) is 8.75.